The van der Waals surface area contributed by atoms with Crippen molar-refractivity contribution >= 4 is 38.9 Å². The van der Waals surface area contributed by atoms with Crippen molar-refractivity contribution in [1.29, 1.82) is 0 Å². The van der Waals surface area contributed by atoms with Crippen molar-refractivity contribution in [1.82, 2.24) is 4.98 Å². The molecule has 0 unspecified atom stereocenters. The molecule has 0 saturated heterocycles. The van der Waals surface area contributed by atoms with Crippen LogP contribution in [0.5, 0.6) is 0 Å². The highest BCUT2D eigenvalue weighted by Crippen LogP contribution is 2.41. The molecule has 264 valence electrons. The summed E-state index contributed by atoms with van der Waals surface area (Å²) in [6.07, 6.45) is 0. The molecular weight excluding hydrogens is 681 g/mol. The maximum atomic E-state index is 6.37. The Morgan fingerprint density at radius 1 is 0.321 bits per heavy atom. The zero-order valence-electron chi connectivity index (χ0n) is 30.6. The number of aromatic nitrogens is 1. The lowest BCUT2D eigenvalue weighted by molar-refractivity contribution is 0.620. The normalized spacial score (nSPS) is 11.2. The van der Waals surface area contributed by atoms with Gasteiger partial charge in [-0.3, -0.25) is 0 Å². The number of anilines is 3. The minimum Gasteiger partial charge on any atom is -0.436 e. The molecule has 0 atom stereocenters. The Kier molecular flexibility index (Phi) is 8.51. The molecule has 0 radical (unpaired) electrons. The molecule has 0 aliphatic rings. The molecule has 0 fully saturated rings. The Morgan fingerprint density at radius 2 is 0.786 bits per heavy atom. The van der Waals surface area contributed by atoms with E-state index in [2.05, 4.69) is 211 Å². The van der Waals surface area contributed by atoms with Crippen LogP contribution in [0.25, 0.3) is 77.8 Å². The first kappa shape index (κ1) is 33.1. The first-order valence-corrected chi connectivity index (χ1v) is 19.0. The number of rotatable bonds is 8. The van der Waals surface area contributed by atoms with Crippen molar-refractivity contribution in [2.75, 3.05) is 4.90 Å². The Balaban J connectivity index is 0.968. The molecule has 0 saturated carbocycles. The van der Waals surface area contributed by atoms with Crippen LogP contribution < -0.4 is 4.90 Å². The van der Waals surface area contributed by atoms with E-state index in [0.717, 1.165) is 56.0 Å². The van der Waals surface area contributed by atoms with Gasteiger partial charge in [-0.15, -0.1) is 0 Å². The number of hydrogen-bond acceptors (Lipinski definition) is 3. The largest absolute Gasteiger partial charge is 0.436 e. The average Bonchev–Trinajstić information content (AvgIpc) is 3.73. The highest BCUT2D eigenvalue weighted by molar-refractivity contribution is 5.96. The van der Waals surface area contributed by atoms with E-state index in [1.54, 1.807) is 0 Å². The van der Waals surface area contributed by atoms with Gasteiger partial charge in [0.1, 0.15) is 5.52 Å². The van der Waals surface area contributed by atoms with E-state index in [4.69, 9.17) is 9.40 Å². The molecule has 10 rings (SSSR count). The SMILES string of the molecule is c1ccc(N(c2ccccc2)c2ccc(-c3ccccc3-c3ccccc3-c3ccc(-c4nc5c(-c6ccc7ccccc7c6)cccc5o4)cc3)cc2)cc1. The zero-order chi connectivity index (χ0) is 37.3. The molecule has 3 heteroatoms. The van der Waals surface area contributed by atoms with Gasteiger partial charge in [0.15, 0.2) is 5.58 Å². The molecule has 10 aromatic rings. The van der Waals surface area contributed by atoms with Gasteiger partial charge in [-0.25, -0.2) is 4.98 Å². The molecular formula is C53H36N2O. The van der Waals surface area contributed by atoms with Crippen LogP contribution in [0.3, 0.4) is 0 Å². The summed E-state index contributed by atoms with van der Waals surface area (Å²) in [5.41, 5.74) is 15.1. The van der Waals surface area contributed by atoms with Crippen molar-refractivity contribution in [3.8, 4) is 56.0 Å². The second-order valence-corrected chi connectivity index (χ2v) is 14.0. The third-order valence-electron chi connectivity index (χ3n) is 10.5. The Bertz CT molecular complexity index is 2910. The molecule has 9 aromatic carbocycles. The first-order chi connectivity index (χ1) is 27.8. The van der Waals surface area contributed by atoms with Crippen LogP contribution in [-0.2, 0) is 0 Å². The Hall–Kier alpha value is -7.49. The minimum atomic E-state index is 0.611. The van der Waals surface area contributed by atoms with Gasteiger partial charge in [0, 0.05) is 28.2 Å². The fourth-order valence-corrected chi connectivity index (χ4v) is 7.78. The Morgan fingerprint density at radius 3 is 1.41 bits per heavy atom. The molecule has 1 aromatic heterocycles. The summed E-state index contributed by atoms with van der Waals surface area (Å²) in [7, 11) is 0. The maximum Gasteiger partial charge on any atom is 0.227 e. The van der Waals surface area contributed by atoms with Crippen molar-refractivity contribution in [3.63, 3.8) is 0 Å². The topological polar surface area (TPSA) is 29.3 Å². The van der Waals surface area contributed by atoms with Gasteiger partial charge in [0.2, 0.25) is 5.89 Å². The predicted octanol–water partition coefficient (Wildman–Crippen LogP) is 14.8. The maximum absolute atomic E-state index is 6.37. The van der Waals surface area contributed by atoms with Gasteiger partial charge < -0.3 is 9.32 Å². The van der Waals surface area contributed by atoms with Crippen LogP contribution in [-0.4, -0.2) is 4.98 Å². The minimum absolute atomic E-state index is 0.611. The number of oxazole rings is 1. The quantitative estimate of drug-likeness (QED) is 0.157. The van der Waals surface area contributed by atoms with E-state index in [0.29, 0.717) is 5.89 Å². The van der Waals surface area contributed by atoms with Gasteiger partial charge in [-0.2, -0.15) is 0 Å². The summed E-state index contributed by atoms with van der Waals surface area (Å²) < 4.78 is 6.37. The first-order valence-electron chi connectivity index (χ1n) is 19.0. The summed E-state index contributed by atoms with van der Waals surface area (Å²) >= 11 is 0. The van der Waals surface area contributed by atoms with Crippen LogP contribution in [0.4, 0.5) is 17.1 Å². The molecule has 0 bridgehead atoms. The summed E-state index contributed by atoms with van der Waals surface area (Å²) in [4.78, 5) is 7.32. The summed E-state index contributed by atoms with van der Waals surface area (Å²) in [6.45, 7) is 0. The summed E-state index contributed by atoms with van der Waals surface area (Å²) in [5.74, 6) is 0.611. The van der Waals surface area contributed by atoms with Crippen molar-refractivity contribution in [3.05, 3.63) is 218 Å². The number of nitrogens with zero attached hydrogens (tertiary/aromatic N) is 2. The highest BCUT2D eigenvalue weighted by atomic mass is 16.3. The summed E-state index contributed by atoms with van der Waals surface area (Å²) in [6, 6.07) is 77.0. The van der Waals surface area contributed by atoms with Gasteiger partial charge in [-0.05, 0) is 110 Å². The molecule has 0 spiro atoms. The second-order valence-electron chi connectivity index (χ2n) is 14.0. The van der Waals surface area contributed by atoms with E-state index in [-0.39, 0.29) is 0 Å². The average molecular weight is 717 g/mol. The third-order valence-corrected chi connectivity index (χ3v) is 10.5. The number of hydrogen-bond donors (Lipinski definition) is 0. The number of fused-ring (bicyclic) bond motifs is 2. The van der Waals surface area contributed by atoms with Crippen molar-refractivity contribution in [2.45, 2.75) is 0 Å². The molecule has 56 heavy (non-hydrogen) atoms. The molecule has 0 amide bonds. The molecule has 0 aliphatic carbocycles. The molecule has 0 N–H and O–H groups in total. The number of benzene rings is 9. The van der Waals surface area contributed by atoms with Crippen LogP contribution in [0.2, 0.25) is 0 Å². The van der Waals surface area contributed by atoms with E-state index in [1.807, 2.05) is 12.1 Å². The van der Waals surface area contributed by atoms with E-state index in [9.17, 15) is 0 Å². The van der Waals surface area contributed by atoms with E-state index in [1.165, 1.54) is 33.0 Å². The fourth-order valence-electron chi connectivity index (χ4n) is 7.78. The standard InChI is InChI=1S/C53H36N2O/c1-3-16-43(17-4-1)55(44-18-5-2-6-19-44)45-34-32-39(33-35-45)47-21-10-12-23-50(47)49-22-11-9-20-46(49)38-27-29-40(30-28-38)53-54-52-48(24-13-25-51(52)56-53)42-31-26-37-14-7-8-15-41(37)36-42/h1-36H. The smallest absolute Gasteiger partial charge is 0.227 e. The molecule has 3 nitrogen and oxygen atoms in total. The predicted molar refractivity (Wildman–Crippen MR) is 233 cm³/mol. The van der Waals surface area contributed by atoms with Gasteiger partial charge >= 0.3 is 0 Å². The van der Waals surface area contributed by atoms with E-state index >= 15 is 0 Å². The summed E-state index contributed by atoms with van der Waals surface area (Å²) in [5, 5.41) is 2.43. The second kappa shape index (κ2) is 14.4. The lowest BCUT2D eigenvalue weighted by Crippen LogP contribution is -2.09. The third kappa shape index (κ3) is 6.21. The van der Waals surface area contributed by atoms with Crippen LogP contribution in [0.15, 0.2) is 223 Å². The number of para-hydroxylation sites is 3. The van der Waals surface area contributed by atoms with Gasteiger partial charge in [-0.1, -0.05) is 158 Å². The van der Waals surface area contributed by atoms with E-state index < -0.39 is 0 Å². The zero-order valence-corrected chi connectivity index (χ0v) is 30.6. The molecule has 0 aliphatic heterocycles. The van der Waals surface area contributed by atoms with Gasteiger partial charge in [0.25, 0.3) is 0 Å². The van der Waals surface area contributed by atoms with Crippen molar-refractivity contribution < 1.29 is 4.42 Å². The lowest BCUT2D eigenvalue weighted by atomic mass is 9.89. The Labute approximate surface area is 326 Å². The molecule has 1 heterocycles. The highest BCUT2D eigenvalue weighted by Gasteiger charge is 2.17. The fraction of sp³-hybridized carbons (Fsp3) is 0. The van der Waals surface area contributed by atoms with Gasteiger partial charge in [0.05, 0.1) is 0 Å². The van der Waals surface area contributed by atoms with Crippen molar-refractivity contribution in [2.24, 2.45) is 0 Å². The monoisotopic (exact) mass is 716 g/mol. The van der Waals surface area contributed by atoms with Crippen LogP contribution in [0.1, 0.15) is 0 Å². The lowest BCUT2D eigenvalue weighted by Gasteiger charge is -2.25. The van der Waals surface area contributed by atoms with Crippen LogP contribution in [0, 0.1) is 0 Å². The van der Waals surface area contributed by atoms with Crippen LogP contribution >= 0.6 is 0 Å².